The van der Waals surface area contributed by atoms with E-state index in [9.17, 15) is 5.11 Å². The smallest absolute Gasteiger partial charge is 0.137 e. The van der Waals surface area contributed by atoms with Gasteiger partial charge in [0.15, 0.2) is 0 Å². The second-order valence-electron chi connectivity index (χ2n) is 4.31. The lowest BCUT2D eigenvalue weighted by molar-refractivity contribution is 0.222. The fourth-order valence-corrected chi connectivity index (χ4v) is 2.65. The van der Waals surface area contributed by atoms with Gasteiger partial charge >= 0.3 is 0 Å². The average Bonchev–Trinajstić information content (AvgIpc) is 2.17. The van der Waals surface area contributed by atoms with E-state index in [2.05, 4.69) is 0 Å². The van der Waals surface area contributed by atoms with E-state index in [1.54, 1.807) is 6.07 Å². The second-order valence-corrected chi connectivity index (χ2v) is 4.72. The van der Waals surface area contributed by atoms with E-state index in [0.717, 1.165) is 24.8 Å². The number of aromatic hydroxyl groups is 1. The van der Waals surface area contributed by atoms with Crippen LogP contribution in [0, 0.1) is 0 Å². The quantitative estimate of drug-likeness (QED) is 0.831. The van der Waals surface area contributed by atoms with Crippen molar-refractivity contribution in [3.8, 4) is 5.75 Å². The van der Waals surface area contributed by atoms with Gasteiger partial charge in [0.1, 0.15) is 5.75 Å². The first-order chi connectivity index (χ1) is 7.19. The molecule has 2 nitrogen and oxygen atoms in total. The van der Waals surface area contributed by atoms with E-state index in [1.165, 1.54) is 6.42 Å². The van der Waals surface area contributed by atoms with Crippen LogP contribution in [0.1, 0.15) is 31.2 Å². The molecule has 0 radical (unpaired) electrons. The van der Waals surface area contributed by atoms with Crippen molar-refractivity contribution in [2.75, 3.05) is 6.54 Å². The van der Waals surface area contributed by atoms with Gasteiger partial charge in [-0.05, 0) is 31.9 Å². The van der Waals surface area contributed by atoms with Crippen molar-refractivity contribution in [2.24, 2.45) is 5.73 Å². The molecule has 0 spiro atoms. The van der Waals surface area contributed by atoms with E-state index in [-0.39, 0.29) is 11.2 Å². The molecule has 1 fully saturated rings. The van der Waals surface area contributed by atoms with Crippen LogP contribution in [0.25, 0.3) is 0 Å². The number of phenols is 1. The summed E-state index contributed by atoms with van der Waals surface area (Å²) in [5.41, 5.74) is 6.70. The lowest BCUT2D eigenvalue weighted by Crippen LogP contribution is -2.36. The Morgan fingerprint density at radius 1 is 1.40 bits per heavy atom. The van der Waals surface area contributed by atoms with Gasteiger partial charge in [-0.2, -0.15) is 0 Å². The first-order valence-electron chi connectivity index (χ1n) is 5.38. The van der Waals surface area contributed by atoms with Crippen LogP contribution in [-0.4, -0.2) is 11.7 Å². The summed E-state index contributed by atoms with van der Waals surface area (Å²) in [6.45, 7) is 0.659. The molecule has 2 rings (SSSR count). The van der Waals surface area contributed by atoms with Gasteiger partial charge in [-0.25, -0.2) is 0 Å². The molecule has 3 heteroatoms. The Balaban J connectivity index is 2.38. The number of para-hydroxylation sites is 1. The highest BCUT2D eigenvalue weighted by Gasteiger charge is 2.39. The highest BCUT2D eigenvalue weighted by atomic mass is 35.5. The van der Waals surface area contributed by atoms with Gasteiger partial charge in [-0.1, -0.05) is 30.2 Å². The predicted octanol–water partition coefficient (Wildman–Crippen LogP) is 2.82. The SMILES string of the molecule is NCCC1(c2cccc(Cl)c2O)CCC1. The third-order valence-electron chi connectivity index (χ3n) is 3.49. The largest absolute Gasteiger partial charge is 0.506 e. The summed E-state index contributed by atoms with van der Waals surface area (Å²) >= 11 is 5.92. The van der Waals surface area contributed by atoms with E-state index < -0.39 is 0 Å². The summed E-state index contributed by atoms with van der Waals surface area (Å²) in [5.74, 6) is 0.243. The van der Waals surface area contributed by atoms with Gasteiger partial charge in [-0.15, -0.1) is 0 Å². The molecule has 0 aliphatic heterocycles. The summed E-state index contributed by atoms with van der Waals surface area (Å²) in [7, 11) is 0. The molecule has 1 aromatic rings. The topological polar surface area (TPSA) is 46.2 Å². The van der Waals surface area contributed by atoms with Crippen LogP contribution in [0.5, 0.6) is 5.75 Å². The van der Waals surface area contributed by atoms with Gasteiger partial charge in [0.2, 0.25) is 0 Å². The molecule has 0 amide bonds. The van der Waals surface area contributed by atoms with Crippen LogP contribution >= 0.6 is 11.6 Å². The van der Waals surface area contributed by atoms with Gasteiger partial charge in [0.05, 0.1) is 5.02 Å². The lowest BCUT2D eigenvalue weighted by Gasteiger charge is -2.42. The highest BCUT2D eigenvalue weighted by molar-refractivity contribution is 6.32. The number of hydrogen-bond donors (Lipinski definition) is 2. The Morgan fingerprint density at radius 3 is 2.67 bits per heavy atom. The Hall–Kier alpha value is -0.730. The molecule has 0 saturated heterocycles. The molecular formula is C12H16ClNO. The summed E-state index contributed by atoms with van der Waals surface area (Å²) in [6.07, 6.45) is 4.36. The summed E-state index contributed by atoms with van der Waals surface area (Å²) < 4.78 is 0. The van der Waals surface area contributed by atoms with Crippen LogP contribution in [0.4, 0.5) is 0 Å². The average molecular weight is 226 g/mol. The molecule has 1 aliphatic rings. The number of halogens is 1. The molecule has 3 N–H and O–H groups in total. The van der Waals surface area contributed by atoms with Crippen LogP contribution in [0.3, 0.4) is 0 Å². The maximum atomic E-state index is 9.95. The zero-order valence-corrected chi connectivity index (χ0v) is 9.43. The molecule has 1 aromatic carbocycles. The Bertz CT molecular complexity index is 361. The maximum absolute atomic E-state index is 9.95. The molecule has 1 aliphatic carbocycles. The van der Waals surface area contributed by atoms with E-state index in [1.807, 2.05) is 12.1 Å². The summed E-state index contributed by atoms with van der Waals surface area (Å²) in [4.78, 5) is 0. The zero-order chi connectivity index (χ0) is 10.9. The first-order valence-corrected chi connectivity index (χ1v) is 5.75. The molecule has 1 saturated carbocycles. The summed E-state index contributed by atoms with van der Waals surface area (Å²) in [6, 6.07) is 5.58. The first kappa shape index (κ1) is 10.8. The third-order valence-corrected chi connectivity index (χ3v) is 3.80. The van der Waals surface area contributed by atoms with Crippen molar-refractivity contribution in [3.05, 3.63) is 28.8 Å². The van der Waals surface area contributed by atoms with Crippen molar-refractivity contribution < 1.29 is 5.11 Å². The second kappa shape index (κ2) is 4.03. The van der Waals surface area contributed by atoms with Crippen molar-refractivity contribution in [2.45, 2.75) is 31.1 Å². The number of hydrogen-bond acceptors (Lipinski definition) is 2. The molecule has 82 valence electrons. The van der Waals surface area contributed by atoms with Crippen molar-refractivity contribution in [1.29, 1.82) is 0 Å². The van der Waals surface area contributed by atoms with E-state index in [0.29, 0.717) is 11.6 Å². The van der Waals surface area contributed by atoms with Crippen LogP contribution in [0.15, 0.2) is 18.2 Å². The van der Waals surface area contributed by atoms with Crippen LogP contribution in [0.2, 0.25) is 5.02 Å². The minimum absolute atomic E-state index is 0.0870. The summed E-state index contributed by atoms with van der Waals surface area (Å²) in [5, 5.41) is 10.4. The normalized spacial score (nSPS) is 18.5. The fourth-order valence-electron chi connectivity index (χ4n) is 2.48. The van der Waals surface area contributed by atoms with Gasteiger partial charge < -0.3 is 10.8 Å². The lowest BCUT2D eigenvalue weighted by atomic mass is 9.62. The number of phenolic OH excluding ortho intramolecular Hbond substituents is 1. The van der Waals surface area contributed by atoms with E-state index in [4.69, 9.17) is 17.3 Å². The monoisotopic (exact) mass is 225 g/mol. The highest BCUT2D eigenvalue weighted by Crippen LogP contribution is 2.50. The number of benzene rings is 1. The minimum atomic E-state index is 0.0870. The fraction of sp³-hybridized carbons (Fsp3) is 0.500. The molecule has 0 aromatic heterocycles. The Labute approximate surface area is 95.1 Å². The molecule has 0 atom stereocenters. The molecule has 0 bridgehead atoms. The maximum Gasteiger partial charge on any atom is 0.137 e. The standard InChI is InChI=1S/C12H16ClNO/c13-10-4-1-3-9(11(10)15)12(7-8-14)5-2-6-12/h1,3-4,15H,2,5-8,14H2. The zero-order valence-electron chi connectivity index (χ0n) is 8.67. The Kier molecular flexibility index (Phi) is 2.89. The number of rotatable bonds is 3. The minimum Gasteiger partial charge on any atom is -0.506 e. The number of nitrogens with two attached hydrogens (primary N) is 1. The molecule has 15 heavy (non-hydrogen) atoms. The van der Waals surface area contributed by atoms with Crippen molar-refractivity contribution in [1.82, 2.24) is 0 Å². The van der Waals surface area contributed by atoms with Crippen molar-refractivity contribution >= 4 is 11.6 Å². The van der Waals surface area contributed by atoms with Crippen LogP contribution in [-0.2, 0) is 5.41 Å². The predicted molar refractivity (Wildman–Crippen MR) is 62.3 cm³/mol. The molecule has 0 heterocycles. The van der Waals surface area contributed by atoms with E-state index >= 15 is 0 Å². The molecule has 0 unspecified atom stereocenters. The Morgan fingerprint density at radius 2 is 2.13 bits per heavy atom. The third kappa shape index (κ3) is 1.72. The van der Waals surface area contributed by atoms with Crippen LogP contribution < -0.4 is 5.73 Å². The van der Waals surface area contributed by atoms with Gasteiger partial charge in [-0.3, -0.25) is 0 Å². The molecular weight excluding hydrogens is 210 g/mol. The van der Waals surface area contributed by atoms with Gasteiger partial charge in [0, 0.05) is 11.0 Å². The van der Waals surface area contributed by atoms with Crippen molar-refractivity contribution in [3.63, 3.8) is 0 Å². The van der Waals surface area contributed by atoms with Gasteiger partial charge in [0.25, 0.3) is 0 Å².